The van der Waals surface area contributed by atoms with Crippen LogP contribution in [-0.2, 0) is 6.54 Å². The third kappa shape index (κ3) is 4.25. The number of Topliss-reactive ketones (excluding diaryl/α,β-unsaturated/α-hetero) is 1. The van der Waals surface area contributed by atoms with Crippen LogP contribution in [0, 0.1) is 17.5 Å². The SMILES string of the molecule is O=C(CO)c1cc(F)c(Sc2nnc(-c3ccccc3F)n2Cc2ccco2)c(F)c1. The summed E-state index contributed by atoms with van der Waals surface area (Å²) in [6.45, 7) is -0.773. The average Bonchev–Trinajstić information content (AvgIpc) is 3.41. The molecular weight excluding hydrogens is 431 g/mol. The van der Waals surface area contributed by atoms with Crippen LogP contribution in [0.5, 0.6) is 0 Å². The van der Waals surface area contributed by atoms with Gasteiger partial charge in [0.15, 0.2) is 16.8 Å². The second kappa shape index (κ2) is 8.78. The summed E-state index contributed by atoms with van der Waals surface area (Å²) >= 11 is 0.640. The maximum absolute atomic E-state index is 14.6. The second-order valence-electron chi connectivity index (χ2n) is 6.40. The van der Waals surface area contributed by atoms with Gasteiger partial charge in [0, 0.05) is 5.56 Å². The van der Waals surface area contributed by atoms with E-state index < -0.39 is 34.7 Å². The lowest BCUT2D eigenvalue weighted by atomic mass is 10.1. The van der Waals surface area contributed by atoms with Crippen molar-refractivity contribution in [2.24, 2.45) is 0 Å². The first-order valence-electron chi connectivity index (χ1n) is 8.99. The number of aliphatic hydroxyl groups excluding tert-OH is 1. The molecule has 1 N–H and O–H groups in total. The molecule has 0 aliphatic heterocycles. The molecule has 158 valence electrons. The topological polar surface area (TPSA) is 81.1 Å². The van der Waals surface area contributed by atoms with E-state index in [9.17, 15) is 18.0 Å². The summed E-state index contributed by atoms with van der Waals surface area (Å²) in [6.07, 6.45) is 1.46. The number of carbonyl (C=O) groups excluding carboxylic acids is 1. The first-order valence-corrected chi connectivity index (χ1v) is 9.81. The van der Waals surface area contributed by atoms with Crippen LogP contribution in [-0.4, -0.2) is 32.3 Å². The molecule has 0 aliphatic rings. The Labute approximate surface area is 178 Å². The highest BCUT2D eigenvalue weighted by atomic mass is 32.2. The number of carbonyl (C=O) groups is 1. The van der Waals surface area contributed by atoms with Crippen molar-refractivity contribution in [2.45, 2.75) is 16.6 Å². The fourth-order valence-corrected chi connectivity index (χ4v) is 3.75. The number of hydrogen-bond donors (Lipinski definition) is 1. The minimum Gasteiger partial charge on any atom is -0.467 e. The number of aromatic nitrogens is 3. The molecule has 2 heterocycles. The minimum absolute atomic E-state index is 0.0914. The molecule has 10 heteroatoms. The monoisotopic (exact) mass is 445 g/mol. The van der Waals surface area contributed by atoms with Gasteiger partial charge in [0.25, 0.3) is 0 Å². The molecule has 2 aromatic carbocycles. The van der Waals surface area contributed by atoms with Gasteiger partial charge in [0.05, 0.1) is 23.3 Å². The molecule has 0 fully saturated rings. The van der Waals surface area contributed by atoms with Gasteiger partial charge in [-0.1, -0.05) is 12.1 Å². The molecule has 0 atom stereocenters. The van der Waals surface area contributed by atoms with Gasteiger partial charge in [0.1, 0.15) is 29.8 Å². The van der Waals surface area contributed by atoms with Crippen molar-refractivity contribution in [2.75, 3.05) is 6.61 Å². The summed E-state index contributed by atoms with van der Waals surface area (Å²) in [5.74, 6) is -2.67. The van der Waals surface area contributed by atoms with Crippen LogP contribution in [0.15, 0.2) is 69.3 Å². The first kappa shape index (κ1) is 20.9. The van der Waals surface area contributed by atoms with Crippen molar-refractivity contribution in [3.05, 3.63) is 83.6 Å². The number of halogens is 3. The Hall–Kier alpha value is -3.37. The molecule has 0 radical (unpaired) electrons. The molecule has 0 bridgehead atoms. The number of benzene rings is 2. The number of rotatable bonds is 7. The van der Waals surface area contributed by atoms with Crippen LogP contribution in [0.2, 0.25) is 0 Å². The number of ketones is 1. The van der Waals surface area contributed by atoms with Crippen molar-refractivity contribution in [1.82, 2.24) is 14.8 Å². The highest BCUT2D eigenvalue weighted by Crippen LogP contribution is 2.34. The van der Waals surface area contributed by atoms with E-state index in [-0.39, 0.29) is 28.7 Å². The zero-order valence-electron chi connectivity index (χ0n) is 15.8. The Morgan fingerprint density at radius 3 is 2.42 bits per heavy atom. The molecular formula is C21H14F3N3O3S. The predicted octanol–water partition coefficient (Wildman–Crippen LogP) is 4.33. The summed E-state index contributed by atoms with van der Waals surface area (Å²) in [4.78, 5) is 11.1. The van der Waals surface area contributed by atoms with Gasteiger partial charge in [-0.2, -0.15) is 0 Å². The van der Waals surface area contributed by atoms with Crippen LogP contribution >= 0.6 is 11.8 Å². The van der Waals surface area contributed by atoms with E-state index in [1.165, 1.54) is 29.0 Å². The average molecular weight is 445 g/mol. The van der Waals surface area contributed by atoms with E-state index in [0.29, 0.717) is 17.5 Å². The van der Waals surface area contributed by atoms with E-state index in [1.807, 2.05) is 0 Å². The lowest BCUT2D eigenvalue weighted by Crippen LogP contribution is -2.07. The van der Waals surface area contributed by atoms with Crippen LogP contribution in [0.1, 0.15) is 16.1 Å². The summed E-state index contributed by atoms with van der Waals surface area (Å²) < 4.78 is 50.3. The van der Waals surface area contributed by atoms with Gasteiger partial charge >= 0.3 is 0 Å². The molecule has 0 spiro atoms. The summed E-state index contributed by atoms with van der Waals surface area (Å²) in [5, 5.41) is 17.0. The molecule has 2 aromatic heterocycles. The number of furan rings is 1. The van der Waals surface area contributed by atoms with Crippen LogP contribution < -0.4 is 0 Å². The van der Waals surface area contributed by atoms with Gasteiger partial charge in [-0.3, -0.25) is 9.36 Å². The van der Waals surface area contributed by atoms with E-state index in [1.54, 1.807) is 18.2 Å². The molecule has 0 saturated heterocycles. The fourth-order valence-electron chi connectivity index (χ4n) is 2.91. The van der Waals surface area contributed by atoms with Gasteiger partial charge < -0.3 is 9.52 Å². The Bertz CT molecular complexity index is 1220. The highest BCUT2D eigenvalue weighted by molar-refractivity contribution is 7.99. The normalized spacial score (nSPS) is 11.1. The van der Waals surface area contributed by atoms with Crippen molar-refractivity contribution in [3.8, 4) is 11.4 Å². The second-order valence-corrected chi connectivity index (χ2v) is 7.38. The van der Waals surface area contributed by atoms with Gasteiger partial charge in [-0.25, -0.2) is 13.2 Å². The van der Waals surface area contributed by atoms with Gasteiger partial charge in [0.2, 0.25) is 0 Å². The van der Waals surface area contributed by atoms with Crippen LogP contribution in [0.25, 0.3) is 11.4 Å². The quantitative estimate of drug-likeness (QED) is 0.427. The lowest BCUT2D eigenvalue weighted by molar-refractivity contribution is 0.0902. The number of nitrogens with zero attached hydrogens (tertiary/aromatic N) is 3. The zero-order valence-corrected chi connectivity index (χ0v) is 16.6. The van der Waals surface area contributed by atoms with Crippen molar-refractivity contribution >= 4 is 17.5 Å². The zero-order chi connectivity index (χ0) is 22.0. The van der Waals surface area contributed by atoms with E-state index >= 15 is 0 Å². The standard InChI is InChI=1S/C21H14F3N3O3S/c22-15-6-2-1-5-14(15)20-25-26-21(27(20)10-13-4-3-7-30-13)31-19-16(23)8-12(9-17(19)24)18(29)11-28/h1-9,28H,10-11H2. The van der Waals surface area contributed by atoms with E-state index in [0.717, 1.165) is 12.1 Å². The Morgan fingerprint density at radius 1 is 1.03 bits per heavy atom. The maximum atomic E-state index is 14.6. The van der Waals surface area contributed by atoms with Crippen LogP contribution in [0.4, 0.5) is 13.2 Å². The summed E-state index contributed by atoms with van der Waals surface area (Å²) in [7, 11) is 0. The van der Waals surface area contributed by atoms with Gasteiger partial charge in [-0.05, 0) is 48.2 Å². The highest BCUT2D eigenvalue weighted by Gasteiger charge is 2.22. The molecule has 31 heavy (non-hydrogen) atoms. The van der Waals surface area contributed by atoms with E-state index in [4.69, 9.17) is 9.52 Å². The third-order valence-electron chi connectivity index (χ3n) is 4.38. The Balaban J connectivity index is 1.77. The minimum atomic E-state index is -0.998. The molecule has 0 unspecified atom stereocenters. The van der Waals surface area contributed by atoms with Crippen molar-refractivity contribution in [1.29, 1.82) is 0 Å². The van der Waals surface area contributed by atoms with E-state index in [2.05, 4.69) is 10.2 Å². The summed E-state index contributed by atoms with van der Waals surface area (Å²) in [6, 6.07) is 11.0. The molecule has 6 nitrogen and oxygen atoms in total. The third-order valence-corrected chi connectivity index (χ3v) is 5.46. The van der Waals surface area contributed by atoms with Crippen molar-refractivity contribution < 1.29 is 27.5 Å². The smallest absolute Gasteiger partial charge is 0.196 e. The Morgan fingerprint density at radius 2 is 1.77 bits per heavy atom. The predicted molar refractivity (Wildman–Crippen MR) is 105 cm³/mol. The Kier molecular flexibility index (Phi) is 5.92. The molecule has 0 amide bonds. The molecule has 0 aliphatic carbocycles. The first-order chi connectivity index (χ1) is 15.0. The molecule has 0 saturated carbocycles. The van der Waals surface area contributed by atoms with Crippen molar-refractivity contribution in [3.63, 3.8) is 0 Å². The number of hydrogen-bond acceptors (Lipinski definition) is 6. The van der Waals surface area contributed by atoms with Crippen LogP contribution in [0.3, 0.4) is 0 Å². The van der Waals surface area contributed by atoms with Gasteiger partial charge in [-0.15, -0.1) is 10.2 Å². The fraction of sp³-hybridized carbons (Fsp3) is 0.0952. The lowest BCUT2D eigenvalue weighted by Gasteiger charge is -2.10. The summed E-state index contributed by atoms with van der Waals surface area (Å²) in [5.41, 5.74) is -0.121. The molecule has 4 rings (SSSR count). The largest absolute Gasteiger partial charge is 0.467 e. The molecule has 4 aromatic rings. The maximum Gasteiger partial charge on any atom is 0.196 e. The number of aliphatic hydroxyl groups is 1.